The lowest BCUT2D eigenvalue weighted by Gasteiger charge is -2.23. The summed E-state index contributed by atoms with van der Waals surface area (Å²) in [5, 5.41) is 3.20. The minimum absolute atomic E-state index is 0.119. The van der Waals surface area contributed by atoms with E-state index in [0.717, 1.165) is 18.2 Å². The quantitative estimate of drug-likeness (QED) is 0.790. The van der Waals surface area contributed by atoms with Gasteiger partial charge in [0.15, 0.2) is 0 Å². The Balaban J connectivity index is 1.81. The summed E-state index contributed by atoms with van der Waals surface area (Å²) >= 11 is 0. The Morgan fingerprint density at radius 3 is 3.20 bits per heavy atom. The first kappa shape index (κ1) is 10.3. The number of aromatic nitrogens is 2. The Bertz CT molecular complexity index is 313. The van der Waals surface area contributed by atoms with Crippen molar-refractivity contribution in [2.75, 3.05) is 31.7 Å². The summed E-state index contributed by atoms with van der Waals surface area (Å²) in [5.41, 5.74) is 0. The molecule has 1 aliphatic rings. The average Bonchev–Trinajstić information content (AvgIpc) is 2.28. The average molecular weight is 209 g/mol. The van der Waals surface area contributed by atoms with E-state index in [0.29, 0.717) is 19.8 Å². The molecule has 1 unspecified atom stereocenters. The van der Waals surface area contributed by atoms with Crippen molar-refractivity contribution in [1.82, 2.24) is 9.97 Å². The molecule has 2 rings (SSSR count). The lowest BCUT2D eigenvalue weighted by atomic mass is 10.3. The highest BCUT2D eigenvalue weighted by Gasteiger charge is 2.13. The Labute approximate surface area is 88.8 Å². The van der Waals surface area contributed by atoms with Gasteiger partial charge in [-0.05, 0) is 13.0 Å². The zero-order valence-electron chi connectivity index (χ0n) is 8.77. The minimum atomic E-state index is 0.119. The van der Waals surface area contributed by atoms with Gasteiger partial charge in [0.25, 0.3) is 0 Å². The van der Waals surface area contributed by atoms with Gasteiger partial charge in [-0.15, -0.1) is 0 Å². The lowest BCUT2D eigenvalue weighted by Crippen LogP contribution is -2.34. The fourth-order valence-electron chi connectivity index (χ4n) is 1.43. The van der Waals surface area contributed by atoms with E-state index >= 15 is 0 Å². The predicted octanol–water partition coefficient (Wildman–Crippen LogP) is 0.612. The van der Waals surface area contributed by atoms with Gasteiger partial charge in [0.2, 0.25) is 0 Å². The van der Waals surface area contributed by atoms with E-state index in [9.17, 15) is 0 Å². The summed E-state index contributed by atoms with van der Waals surface area (Å²) in [6.07, 6.45) is 1.86. The maximum absolute atomic E-state index is 5.50. The maximum Gasteiger partial charge on any atom is 0.129 e. The normalized spacial score (nSPS) is 21.3. The molecule has 5 nitrogen and oxygen atoms in total. The molecule has 1 N–H and O–H groups in total. The lowest BCUT2D eigenvalue weighted by molar-refractivity contribution is -0.0819. The van der Waals surface area contributed by atoms with Crippen molar-refractivity contribution in [3.63, 3.8) is 0 Å². The van der Waals surface area contributed by atoms with E-state index < -0.39 is 0 Å². The standard InChI is InChI=1S/C10H15N3O2/c1-8-11-3-2-10(13-8)12-6-9-7-14-4-5-15-9/h2-3,9H,4-7H2,1H3,(H,11,12,13). The molecule has 1 aromatic heterocycles. The number of nitrogens with zero attached hydrogens (tertiary/aromatic N) is 2. The Kier molecular flexibility index (Phi) is 3.47. The molecule has 0 radical (unpaired) electrons. The molecular formula is C10H15N3O2. The van der Waals surface area contributed by atoms with Crippen LogP contribution in [0.1, 0.15) is 5.82 Å². The van der Waals surface area contributed by atoms with Gasteiger partial charge in [-0.3, -0.25) is 0 Å². The fraction of sp³-hybridized carbons (Fsp3) is 0.600. The van der Waals surface area contributed by atoms with Crippen LogP contribution in [0, 0.1) is 6.92 Å². The maximum atomic E-state index is 5.50. The van der Waals surface area contributed by atoms with Crippen LogP contribution in [0.2, 0.25) is 0 Å². The molecule has 0 saturated carbocycles. The van der Waals surface area contributed by atoms with Crippen molar-refractivity contribution >= 4 is 5.82 Å². The molecule has 2 heterocycles. The second-order valence-electron chi connectivity index (χ2n) is 3.44. The van der Waals surface area contributed by atoms with Crippen LogP contribution in [-0.4, -0.2) is 42.4 Å². The molecule has 5 heteroatoms. The Hall–Kier alpha value is -1.20. The zero-order valence-corrected chi connectivity index (χ0v) is 8.77. The highest BCUT2D eigenvalue weighted by molar-refractivity contribution is 5.32. The number of anilines is 1. The Morgan fingerprint density at radius 1 is 1.53 bits per heavy atom. The highest BCUT2D eigenvalue weighted by Crippen LogP contribution is 2.04. The zero-order chi connectivity index (χ0) is 10.5. The van der Waals surface area contributed by atoms with Crippen molar-refractivity contribution in [3.05, 3.63) is 18.1 Å². The van der Waals surface area contributed by atoms with Crippen LogP contribution in [0.15, 0.2) is 12.3 Å². The van der Waals surface area contributed by atoms with Gasteiger partial charge >= 0.3 is 0 Å². The number of aryl methyl sites for hydroxylation is 1. The minimum Gasteiger partial charge on any atom is -0.376 e. The van der Waals surface area contributed by atoms with Crippen LogP contribution in [-0.2, 0) is 9.47 Å². The number of hydrogen-bond acceptors (Lipinski definition) is 5. The largest absolute Gasteiger partial charge is 0.376 e. The van der Waals surface area contributed by atoms with Crippen LogP contribution >= 0.6 is 0 Å². The third-order valence-corrected chi connectivity index (χ3v) is 2.17. The molecule has 0 spiro atoms. The van der Waals surface area contributed by atoms with Gasteiger partial charge in [-0.25, -0.2) is 9.97 Å². The van der Waals surface area contributed by atoms with E-state index in [2.05, 4.69) is 15.3 Å². The van der Waals surface area contributed by atoms with Crippen LogP contribution in [0.5, 0.6) is 0 Å². The first-order chi connectivity index (χ1) is 7.34. The van der Waals surface area contributed by atoms with E-state index in [4.69, 9.17) is 9.47 Å². The molecular weight excluding hydrogens is 194 g/mol. The van der Waals surface area contributed by atoms with Gasteiger partial charge in [-0.2, -0.15) is 0 Å². The second kappa shape index (κ2) is 5.04. The molecule has 1 atom stereocenters. The molecule has 0 aromatic carbocycles. The molecule has 0 amide bonds. The monoisotopic (exact) mass is 209 g/mol. The molecule has 1 aliphatic heterocycles. The van der Waals surface area contributed by atoms with Crippen molar-refractivity contribution in [2.45, 2.75) is 13.0 Å². The summed E-state index contributed by atoms with van der Waals surface area (Å²) in [7, 11) is 0. The predicted molar refractivity (Wildman–Crippen MR) is 55.8 cm³/mol. The van der Waals surface area contributed by atoms with E-state index in [1.165, 1.54) is 0 Å². The number of nitrogens with one attached hydrogen (secondary N) is 1. The fourth-order valence-corrected chi connectivity index (χ4v) is 1.43. The summed E-state index contributed by atoms with van der Waals surface area (Å²) < 4.78 is 10.8. The summed E-state index contributed by atoms with van der Waals surface area (Å²) in [4.78, 5) is 8.27. The van der Waals surface area contributed by atoms with Gasteiger partial charge in [0.1, 0.15) is 11.6 Å². The van der Waals surface area contributed by atoms with Crippen LogP contribution in [0.25, 0.3) is 0 Å². The topological polar surface area (TPSA) is 56.3 Å². The van der Waals surface area contributed by atoms with Crippen LogP contribution in [0.3, 0.4) is 0 Å². The number of ether oxygens (including phenoxy) is 2. The third kappa shape index (κ3) is 3.14. The smallest absolute Gasteiger partial charge is 0.129 e. The van der Waals surface area contributed by atoms with Crippen molar-refractivity contribution < 1.29 is 9.47 Å². The van der Waals surface area contributed by atoms with Gasteiger partial charge < -0.3 is 14.8 Å². The first-order valence-electron chi connectivity index (χ1n) is 5.07. The second-order valence-corrected chi connectivity index (χ2v) is 3.44. The summed E-state index contributed by atoms with van der Waals surface area (Å²) in [6.45, 7) is 4.61. The van der Waals surface area contributed by atoms with Crippen LogP contribution < -0.4 is 5.32 Å². The van der Waals surface area contributed by atoms with Gasteiger partial charge in [0, 0.05) is 12.7 Å². The van der Waals surface area contributed by atoms with E-state index in [1.807, 2.05) is 13.0 Å². The highest BCUT2D eigenvalue weighted by atomic mass is 16.6. The van der Waals surface area contributed by atoms with Crippen molar-refractivity contribution in [2.24, 2.45) is 0 Å². The van der Waals surface area contributed by atoms with Crippen molar-refractivity contribution in [3.8, 4) is 0 Å². The molecule has 15 heavy (non-hydrogen) atoms. The summed E-state index contributed by atoms with van der Waals surface area (Å²) in [6, 6.07) is 1.84. The SMILES string of the molecule is Cc1nccc(NCC2COCCO2)n1. The molecule has 1 aromatic rings. The number of hydrogen-bond donors (Lipinski definition) is 1. The van der Waals surface area contributed by atoms with Crippen molar-refractivity contribution in [1.29, 1.82) is 0 Å². The molecule has 1 fully saturated rings. The van der Waals surface area contributed by atoms with Crippen LogP contribution in [0.4, 0.5) is 5.82 Å². The molecule has 82 valence electrons. The molecule has 0 aliphatic carbocycles. The Morgan fingerprint density at radius 2 is 2.47 bits per heavy atom. The molecule has 1 saturated heterocycles. The first-order valence-corrected chi connectivity index (χ1v) is 5.07. The third-order valence-electron chi connectivity index (χ3n) is 2.17. The molecule has 0 bridgehead atoms. The number of rotatable bonds is 3. The van der Waals surface area contributed by atoms with Gasteiger partial charge in [0.05, 0.1) is 25.9 Å². The van der Waals surface area contributed by atoms with E-state index in [-0.39, 0.29) is 6.10 Å². The summed E-state index contributed by atoms with van der Waals surface area (Å²) in [5.74, 6) is 1.59. The van der Waals surface area contributed by atoms with E-state index in [1.54, 1.807) is 6.20 Å². The van der Waals surface area contributed by atoms with Gasteiger partial charge in [-0.1, -0.05) is 0 Å².